The first kappa shape index (κ1) is 23.1. The fraction of sp³-hybridized carbons (Fsp3) is 0.370. The molecule has 0 aliphatic carbocycles. The number of fused-ring (bicyclic) bond motifs is 1. The number of halogens is 2. The van der Waals surface area contributed by atoms with Gasteiger partial charge in [-0.15, -0.1) is 0 Å². The van der Waals surface area contributed by atoms with Crippen molar-refractivity contribution >= 4 is 39.9 Å². The second-order valence-electron chi connectivity index (χ2n) is 8.57. The zero-order valence-corrected chi connectivity index (χ0v) is 19.7. The zero-order chi connectivity index (χ0) is 22.3. The van der Waals surface area contributed by atoms with Gasteiger partial charge in [-0.2, -0.15) is 0 Å². The van der Waals surface area contributed by atoms with Crippen LogP contribution in [0.2, 0.25) is 10.0 Å². The van der Waals surface area contributed by atoms with E-state index in [4.69, 9.17) is 27.9 Å². The van der Waals surface area contributed by atoms with E-state index in [1.54, 1.807) is 18.2 Å². The average molecular weight is 470 g/mol. The van der Waals surface area contributed by atoms with Gasteiger partial charge in [-0.25, -0.2) is 4.79 Å². The number of benzene rings is 3. The molecule has 3 aromatic carbocycles. The Morgan fingerprint density at radius 2 is 1.66 bits per heavy atom. The van der Waals surface area contributed by atoms with Crippen LogP contribution in [0.25, 0.3) is 10.8 Å². The van der Waals surface area contributed by atoms with E-state index in [0.717, 1.165) is 26.1 Å². The van der Waals surface area contributed by atoms with E-state index in [-0.39, 0.29) is 5.92 Å². The number of nitrogens with zero attached hydrogens (tertiary/aromatic N) is 1. The third kappa shape index (κ3) is 6.04. The van der Waals surface area contributed by atoms with Crippen molar-refractivity contribution in [3.63, 3.8) is 0 Å². The molecule has 0 radical (unpaired) electrons. The monoisotopic (exact) mass is 469 g/mol. The maximum atomic E-state index is 12.7. The topological polar surface area (TPSA) is 29.5 Å². The second-order valence-corrected chi connectivity index (χ2v) is 9.41. The Kier molecular flexibility index (Phi) is 8.07. The predicted molar refractivity (Wildman–Crippen MR) is 133 cm³/mol. The minimum atomic E-state index is -0.410. The van der Waals surface area contributed by atoms with Crippen molar-refractivity contribution in [1.29, 1.82) is 0 Å². The Labute approximate surface area is 200 Å². The molecule has 0 bridgehead atoms. The Morgan fingerprint density at radius 1 is 0.906 bits per heavy atom. The van der Waals surface area contributed by atoms with Crippen molar-refractivity contribution in [1.82, 2.24) is 4.90 Å². The van der Waals surface area contributed by atoms with Crippen molar-refractivity contribution in [2.75, 3.05) is 26.2 Å². The van der Waals surface area contributed by atoms with Crippen molar-refractivity contribution < 1.29 is 9.53 Å². The van der Waals surface area contributed by atoms with Gasteiger partial charge in [0.2, 0.25) is 0 Å². The van der Waals surface area contributed by atoms with Crippen molar-refractivity contribution in [2.45, 2.75) is 38.0 Å². The van der Waals surface area contributed by atoms with E-state index in [9.17, 15) is 4.79 Å². The SMILES string of the molecule is O=C(OCC(CCN1CCCCCC1)c1ccc2ccccc2c1)c1ccc(Cl)cc1Cl. The van der Waals surface area contributed by atoms with Crippen LogP contribution in [0, 0.1) is 0 Å². The molecule has 1 aliphatic rings. The Hall–Kier alpha value is -2.07. The van der Waals surface area contributed by atoms with Gasteiger partial charge in [0.25, 0.3) is 0 Å². The average Bonchev–Trinajstić information content (AvgIpc) is 3.07. The van der Waals surface area contributed by atoms with Gasteiger partial charge >= 0.3 is 5.97 Å². The van der Waals surface area contributed by atoms with E-state index in [0.29, 0.717) is 22.2 Å². The summed E-state index contributed by atoms with van der Waals surface area (Å²) in [5, 5.41) is 3.23. The lowest BCUT2D eigenvalue weighted by Gasteiger charge is -2.24. The van der Waals surface area contributed by atoms with Crippen LogP contribution in [-0.4, -0.2) is 37.1 Å². The molecule has 5 heteroatoms. The summed E-state index contributed by atoms with van der Waals surface area (Å²) in [4.78, 5) is 15.3. The summed E-state index contributed by atoms with van der Waals surface area (Å²) < 4.78 is 5.76. The molecule has 0 saturated carbocycles. The molecule has 4 rings (SSSR count). The number of ether oxygens (including phenoxy) is 1. The van der Waals surface area contributed by atoms with Crippen LogP contribution in [0.3, 0.4) is 0 Å². The maximum Gasteiger partial charge on any atom is 0.339 e. The van der Waals surface area contributed by atoms with Crippen molar-refractivity contribution in [2.24, 2.45) is 0 Å². The lowest BCUT2D eigenvalue weighted by atomic mass is 9.94. The molecule has 168 valence electrons. The van der Waals surface area contributed by atoms with Gasteiger partial charge in [0, 0.05) is 10.9 Å². The molecule has 3 aromatic rings. The molecular weight excluding hydrogens is 441 g/mol. The van der Waals surface area contributed by atoms with E-state index in [1.165, 1.54) is 42.0 Å². The third-order valence-electron chi connectivity index (χ3n) is 6.30. The Balaban J connectivity index is 1.49. The lowest BCUT2D eigenvalue weighted by molar-refractivity contribution is 0.0471. The summed E-state index contributed by atoms with van der Waals surface area (Å²) in [6, 6.07) is 19.8. The van der Waals surface area contributed by atoms with E-state index in [1.807, 2.05) is 0 Å². The first-order chi connectivity index (χ1) is 15.6. The largest absolute Gasteiger partial charge is 0.461 e. The van der Waals surface area contributed by atoms with Crippen LogP contribution in [0.1, 0.15) is 53.9 Å². The minimum absolute atomic E-state index is 0.123. The first-order valence-electron chi connectivity index (χ1n) is 11.4. The molecule has 3 nitrogen and oxygen atoms in total. The predicted octanol–water partition coefficient (Wildman–Crippen LogP) is 7.35. The van der Waals surface area contributed by atoms with Gasteiger partial charge in [-0.1, -0.05) is 78.5 Å². The first-order valence-corrected chi connectivity index (χ1v) is 12.2. The maximum absolute atomic E-state index is 12.7. The number of likely N-dealkylation sites (tertiary alicyclic amines) is 1. The third-order valence-corrected chi connectivity index (χ3v) is 6.85. The molecule has 1 fully saturated rings. The summed E-state index contributed by atoms with van der Waals surface area (Å²) in [6.07, 6.45) is 6.13. The van der Waals surface area contributed by atoms with E-state index in [2.05, 4.69) is 47.4 Å². The number of hydrogen-bond donors (Lipinski definition) is 0. The van der Waals surface area contributed by atoms with Gasteiger partial charge in [0.15, 0.2) is 0 Å². The number of hydrogen-bond acceptors (Lipinski definition) is 3. The zero-order valence-electron chi connectivity index (χ0n) is 18.2. The van der Waals surface area contributed by atoms with Crippen LogP contribution < -0.4 is 0 Å². The highest BCUT2D eigenvalue weighted by atomic mass is 35.5. The molecule has 1 aliphatic heterocycles. The van der Waals surface area contributed by atoms with Gasteiger partial charge in [-0.3, -0.25) is 0 Å². The molecule has 1 saturated heterocycles. The lowest BCUT2D eigenvalue weighted by Crippen LogP contribution is -2.28. The number of rotatable bonds is 7. The highest BCUT2D eigenvalue weighted by Gasteiger charge is 2.19. The van der Waals surface area contributed by atoms with Crippen molar-refractivity contribution in [3.8, 4) is 0 Å². The molecule has 0 N–H and O–H groups in total. The summed E-state index contributed by atoms with van der Waals surface area (Å²) >= 11 is 12.2. The highest BCUT2D eigenvalue weighted by Crippen LogP contribution is 2.27. The van der Waals surface area contributed by atoms with E-state index < -0.39 is 5.97 Å². The minimum Gasteiger partial charge on any atom is -0.461 e. The van der Waals surface area contributed by atoms with Crippen LogP contribution >= 0.6 is 23.2 Å². The summed E-state index contributed by atoms with van der Waals surface area (Å²) in [6.45, 7) is 3.65. The smallest absolute Gasteiger partial charge is 0.339 e. The normalized spacial score (nSPS) is 15.9. The molecule has 1 unspecified atom stereocenters. The number of esters is 1. The summed E-state index contributed by atoms with van der Waals surface area (Å²) in [5.74, 6) is -0.287. The van der Waals surface area contributed by atoms with E-state index >= 15 is 0 Å². The molecule has 1 heterocycles. The summed E-state index contributed by atoms with van der Waals surface area (Å²) in [5.41, 5.74) is 1.55. The molecule has 1 atom stereocenters. The quantitative estimate of drug-likeness (QED) is 0.338. The van der Waals surface area contributed by atoms with Gasteiger partial charge in [0.05, 0.1) is 17.2 Å². The van der Waals surface area contributed by atoms with Crippen LogP contribution in [0.15, 0.2) is 60.7 Å². The highest BCUT2D eigenvalue weighted by molar-refractivity contribution is 6.36. The van der Waals surface area contributed by atoms with Crippen LogP contribution in [0.5, 0.6) is 0 Å². The molecule has 0 aromatic heterocycles. The van der Waals surface area contributed by atoms with Gasteiger partial charge in [-0.05, 0) is 73.4 Å². The molecule has 32 heavy (non-hydrogen) atoms. The van der Waals surface area contributed by atoms with Gasteiger partial charge < -0.3 is 9.64 Å². The second kappa shape index (κ2) is 11.2. The molecule has 0 amide bonds. The van der Waals surface area contributed by atoms with Crippen molar-refractivity contribution in [3.05, 3.63) is 81.8 Å². The molecular formula is C27H29Cl2NO2. The standard InChI is InChI=1S/C27H29Cl2NO2/c28-24-11-12-25(26(29)18-24)27(31)32-19-23(13-16-30-14-5-1-2-6-15-30)22-10-9-20-7-3-4-8-21(20)17-22/h3-4,7-12,17-18,23H,1-2,5-6,13-16,19H2. The molecule has 0 spiro atoms. The Bertz CT molecular complexity index is 1060. The summed E-state index contributed by atoms with van der Waals surface area (Å²) in [7, 11) is 0. The van der Waals surface area contributed by atoms with Crippen LogP contribution in [0.4, 0.5) is 0 Å². The fourth-order valence-electron chi connectivity index (χ4n) is 4.42. The van der Waals surface area contributed by atoms with Crippen LogP contribution in [-0.2, 0) is 4.74 Å². The number of carbonyl (C=O) groups is 1. The Morgan fingerprint density at radius 3 is 2.41 bits per heavy atom. The number of carbonyl (C=O) groups excluding carboxylic acids is 1. The van der Waals surface area contributed by atoms with Gasteiger partial charge in [0.1, 0.15) is 0 Å². The fourth-order valence-corrected chi connectivity index (χ4v) is 4.90.